The van der Waals surface area contributed by atoms with Crippen molar-refractivity contribution in [1.82, 2.24) is 0 Å². The van der Waals surface area contributed by atoms with E-state index in [1.165, 1.54) is 6.42 Å². The van der Waals surface area contributed by atoms with Crippen LogP contribution in [0.25, 0.3) is 0 Å². The minimum atomic E-state index is 0.318. The van der Waals surface area contributed by atoms with Crippen LogP contribution in [0.3, 0.4) is 0 Å². The van der Waals surface area contributed by atoms with Gasteiger partial charge < -0.3 is 5.11 Å². The summed E-state index contributed by atoms with van der Waals surface area (Å²) < 4.78 is 0. The molecule has 1 N–H and O–H groups in total. The first kappa shape index (κ1) is 11.4. The summed E-state index contributed by atoms with van der Waals surface area (Å²) in [6.45, 7) is 4.41. The Labute approximate surface area is 75.8 Å². The fraction of sp³-hybridized carbons (Fsp3) is 0.636. The number of rotatable bonds is 6. The van der Waals surface area contributed by atoms with Gasteiger partial charge in [0.2, 0.25) is 0 Å². The Morgan fingerprint density at radius 3 is 2.67 bits per heavy atom. The van der Waals surface area contributed by atoms with Crippen LogP contribution in [-0.4, -0.2) is 11.7 Å². The lowest BCUT2D eigenvalue weighted by Gasteiger charge is -2.04. The average molecular weight is 168 g/mol. The van der Waals surface area contributed by atoms with Crippen LogP contribution in [0.5, 0.6) is 0 Å². The van der Waals surface area contributed by atoms with Crippen LogP contribution < -0.4 is 0 Å². The molecule has 0 aromatic rings. The highest BCUT2D eigenvalue weighted by atomic mass is 16.3. The van der Waals surface area contributed by atoms with E-state index in [1.54, 1.807) is 0 Å². The minimum Gasteiger partial charge on any atom is -0.396 e. The third-order valence-corrected chi connectivity index (χ3v) is 1.82. The number of allylic oxidation sites excluding steroid dienone is 4. The summed E-state index contributed by atoms with van der Waals surface area (Å²) in [7, 11) is 0. The van der Waals surface area contributed by atoms with Gasteiger partial charge in [0.25, 0.3) is 0 Å². The van der Waals surface area contributed by atoms with Crippen molar-refractivity contribution in [2.75, 3.05) is 6.61 Å². The average Bonchev–Trinajstić information content (AvgIpc) is 2.10. The summed E-state index contributed by atoms with van der Waals surface area (Å²) in [5.74, 6) is 0.458. The van der Waals surface area contributed by atoms with Crippen LogP contribution in [0, 0.1) is 5.92 Å². The maximum atomic E-state index is 8.75. The molecule has 0 heterocycles. The predicted molar refractivity (Wildman–Crippen MR) is 54.1 cm³/mol. The van der Waals surface area contributed by atoms with E-state index >= 15 is 0 Å². The van der Waals surface area contributed by atoms with Gasteiger partial charge in [-0.15, -0.1) is 0 Å². The molecule has 0 aliphatic rings. The molecule has 0 fully saturated rings. The van der Waals surface area contributed by atoms with E-state index in [9.17, 15) is 0 Å². The summed E-state index contributed by atoms with van der Waals surface area (Å²) in [5.41, 5.74) is 0. The zero-order valence-corrected chi connectivity index (χ0v) is 8.16. The predicted octanol–water partition coefficient (Wildman–Crippen LogP) is 2.92. The quantitative estimate of drug-likeness (QED) is 0.477. The highest BCUT2D eigenvalue weighted by molar-refractivity contribution is 5.00. The van der Waals surface area contributed by atoms with E-state index in [2.05, 4.69) is 19.1 Å². The Morgan fingerprint density at radius 1 is 1.33 bits per heavy atom. The maximum absolute atomic E-state index is 8.75. The summed E-state index contributed by atoms with van der Waals surface area (Å²) >= 11 is 0. The third kappa shape index (κ3) is 7.55. The first-order valence-corrected chi connectivity index (χ1v) is 4.70. The first-order chi connectivity index (χ1) is 5.81. The van der Waals surface area contributed by atoms with Gasteiger partial charge in [-0.1, -0.05) is 31.2 Å². The highest BCUT2D eigenvalue weighted by Gasteiger charge is 1.96. The number of hydrogen-bond donors (Lipinski definition) is 1. The van der Waals surface area contributed by atoms with Crippen LogP contribution in [0.4, 0.5) is 0 Å². The summed E-state index contributed by atoms with van der Waals surface area (Å²) in [5, 5.41) is 8.75. The molecule has 0 aliphatic heterocycles. The fourth-order valence-corrected chi connectivity index (χ4v) is 0.961. The number of hydrogen-bond acceptors (Lipinski definition) is 1. The highest BCUT2D eigenvalue weighted by Crippen LogP contribution is 2.06. The molecule has 0 bridgehead atoms. The topological polar surface area (TPSA) is 20.2 Å². The van der Waals surface area contributed by atoms with E-state index in [0.29, 0.717) is 12.5 Å². The Hall–Kier alpha value is -0.560. The molecule has 0 rings (SSSR count). The van der Waals surface area contributed by atoms with Crippen LogP contribution >= 0.6 is 0 Å². The summed E-state index contributed by atoms with van der Waals surface area (Å²) in [6, 6.07) is 0. The number of unbranched alkanes of at least 4 members (excludes halogenated alkanes) is 1. The fourth-order valence-electron chi connectivity index (χ4n) is 0.961. The number of aliphatic hydroxyl groups is 1. The zero-order valence-electron chi connectivity index (χ0n) is 8.16. The van der Waals surface area contributed by atoms with E-state index in [0.717, 1.165) is 12.8 Å². The molecule has 0 spiro atoms. The van der Waals surface area contributed by atoms with E-state index in [1.807, 2.05) is 19.1 Å². The van der Waals surface area contributed by atoms with Crippen molar-refractivity contribution in [1.29, 1.82) is 0 Å². The molecule has 0 aromatic heterocycles. The van der Waals surface area contributed by atoms with E-state index in [4.69, 9.17) is 5.11 Å². The normalized spacial score (nSPS) is 14.6. The molecule has 0 radical (unpaired) electrons. The van der Waals surface area contributed by atoms with Gasteiger partial charge in [0.1, 0.15) is 0 Å². The Balaban J connectivity index is 3.20. The third-order valence-electron chi connectivity index (χ3n) is 1.82. The molecule has 0 saturated carbocycles. The molecule has 0 aromatic carbocycles. The van der Waals surface area contributed by atoms with Gasteiger partial charge in [-0.25, -0.2) is 0 Å². The molecular formula is C11H20O. The second-order valence-corrected chi connectivity index (χ2v) is 3.17. The SMILES string of the molecule is C/C=C/C=C/CCCC(C)CO. The van der Waals surface area contributed by atoms with Crippen LogP contribution in [0.2, 0.25) is 0 Å². The molecule has 1 atom stereocenters. The molecule has 1 heteroatoms. The molecule has 12 heavy (non-hydrogen) atoms. The lowest BCUT2D eigenvalue weighted by atomic mass is 10.1. The number of aliphatic hydroxyl groups excluding tert-OH is 1. The van der Waals surface area contributed by atoms with Crippen molar-refractivity contribution in [2.45, 2.75) is 33.1 Å². The van der Waals surface area contributed by atoms with Crippen molar-refractivity contribution < 1.29 is 5.11 Å². The van der Waals surface area contributed by atoms with E-state index in [-0.39, 0.29) is 0 Å². The van der Waals surface area contributed by atoms with Crippen molar-refractivity contribution in [3.05, 3.63) is 24.3 Å². The second-order valence-electron chi connectivity index (χ2n) is 3.17. The Morgan fingerprint density at radius 2 is 2.08 bits per heavy atom. The second kappa shape index (κ2) is 8.54. The largest absolute Gasteiger partial charge is 0.396 e. The minimum absolute atomic E-state index is 0.318. The van der Waals surface area contributed by atoms with Crippen molar-refractivity contribution in [3.8, 4) is 0 Å². The van der Waals surface area contributed by atoms with Crippen molar-refractivity contribution in [3.63, 3.8) is 0 Å². The Bertz CT molecular complexity index is 136. The first-order valence-electron chi connectivity index (χ1n) is 4.70. The lowest BCUT2D eigenvalue weighted by molar-refractivity contribution is 0.228. The summed E-state index contributed by atoms with van der Waals surface area (Å²) in [6.07, 6.45) is 11.7. The Kier molecular flexibility index (Phi) is 8.14. The van der Waals surface area contributed by atoms with Gasteiger partial charge in [0.15, 0.2) is 0 Å². The van der Waals surface area contributed by atoms with Gasteiger partial charge in [-0.2, -0.15) is 0 Å². The molecule has 0 saturated heterocycles. The van der Waals surface area contributed by atoms with Gasteiger partial charge in [0.05, 0.1) is 0 Å². The van der Waals surface area contributed by atoms with Crippen molar-refractivity contribution >= 4 is 0 Å². The lowest BCUT2D eigenvalue weighted by Crippen LogP contribution is -1.99. The zero-order chi connectivity index (χ0) is 9.23. The molecule has 1 unspecified atom stereocenters. The molecule has 1 nitrogen and oxygen atoms in total. The van der Waals surface area contributed by atoms with E-state index < -0.39 is 0 Å². The monoisotopic (exact) mass is 168 g/mol. The van der Waals surface area contributed by atoms with Gasteiger partial charge in [-0.05, 0) is 32.1 Å². The molecule has 0 amide bonds. The van der Waals surface area contributed by atoms with Crippen LogP contribution in [0.1, 0.15) is 33.1 Å². The van der Waals surface area contributed by atoms with Gasteiger partial charge in [0, 0.05) is 6.61 Å². The molecule has 0 aliphatic carbocycles. The molecular weight excluding hydrogens is 148 g/mol. The maximum Gasteiger partial charge on any atom is 0.0456 e. The van der Waals surface area contributed by atoms with Crippen LogP contribution in [0.15, 0.2) is 24.3 Å². The molecule has 70 valence electrons. The smallest absolute Gasteiger partial charge is 0.0456 e. The van der Waals surface area contributed by atoms with Crippen LogP contribution in [-0.2, 0) is 0 Å². The summed E-state index contributed by atoms with van der Waals surface area (Å²) in [4.78, 5) is 0. The van der Waals surface area contributed by atoms with Crippen molar-refractivity contribution in [2.24, 2.45) is 5.92 Å². The van der Waals surface area contributed by atoms with Gasteiger partial charge >= 0.3 is 0 Å². The van der Waals surface area contributed by atoms with Gasteiger partial charge in [-0.3, -0.25) is 0 Å². The standard InChI is InChI=1S/C11H20O/c1-3-4-5-6-7-8-9-11(2)10-12/h3-6,11-12H,7-10H2,1-2H3/b4-3+,6-5+.